The third kappa shape index (κ3) is 5.30. The van der Waals surface area contributed by atoms with E-state index in [4.69, 9.17) is 26.2 Å². The molecule has 7 heteroatoms. The number of hydrogen-bond donors (Lipinski definition) is 1. The molecule has 0 atom stereocenters. The highest BCUT2D eigenvalue weighted by Crippen LogP contribution is 2.37. The smallest absolute Gasteiger partial charge is 0.323 e. The molecule has 1 aromatic rings. The van der Waals surface area contributed by atoms with E-state index in [1.807, 2.05) is 13.8 Å². The first-order chi connectivity index (χ1) is 11.3. The molecule has 24 heavy (non-hydrogen) atoms. The first-order valence-electron chi connectivity index (χ1n) is 7.93. The third-order valence-electron chi connectivity index (χ3n) is 3.20. The Labute approximate surface area is 147 Å². The van der Waals surface area contributed by atoms with Gasteiger partial charge in [-0.15, -0.1) is 0 Å². The summed E-state index contributed by atoms with van der Waals surface area (Å²) < 4.78 is 11.1. The average molecular weight is 358 g/mol. The number of hydrogen-bond acceptors (Lipinski definition) is 4. The molecule has 0 radical (unpaired) electrons. The van der Waals surface area contributed by atoms with Crippen molar-refractivity contribution in [1.29, 1.82) is 0 Å². The maximum atomic E-state index is 12.7. The molecule has 1 amide bonds. The van der Waals surface area contributed by atoms with Crippen LogP contribution in [-0.2, 0) is 4.79 Å². The second-order valence-corrected chi connectivity index (χ2v) is 5.89. The van der Waals surface area contributed by atoms with Crippen LogP contribution in [0.25, 0.3) is 0 Å². The summed E-state index contributed by atoms with van der Waals surface area (Å²) in [6.45, 7) is 7.78. The second kappa shape index (κ2) is 9.37. The fourth-order valence-electron chi connectivity index (χ4n) is 2.10. The van der Waals surface area contributed by atoms with Crippen molar-refractivity contribution >= 4 is 23.5 Å². The van der Waals surface area contributed by atoms with Gasteiger partial charge in [0.05, 0.1) is 18.2 Å². The van der Waals surface area contributed by atoms with Gasteiger partial charge in [-0.2, -0.15) is 0 Å². The summed E-state index contributed by atoms with van der Waals surface area (Å²) >= 11 is 6.25. The molecule has 1 N–H and O–H groups in total. The van der Waals surface area contributed by atoms with E-state index in [1.165, 1.54) is 11.0 Å². The number of carboxylic acid groups (broad SMARTS) is 1. The largest absolute Gasteiger partial charge is 0.490 e. The SMILES string of the molecule is CCCOc1c(Cl)cc(C(=O)N(CC(=O)O)C(C)C)cc1OCC. The first-order valence-corrected chi connectivity index (χ1v) is 8.31. The summed E-state index contributed by atoms with van der Waals surface area (Å²) in [5.41, 5.74) is 0.266. The Morgan fingerprint density at radius 3 is 2.42 bits per heavy atom. The van der Waals surface area contributed by atoms with Gasteiger partial charge in [0.1, 0.15) is 6.54 Å². The molecule has 0 saturated heterocycles. The molecule has 0 spiro atoms. The monoisotopic (exact) mass is 357 g/mol. The molecule has 6 nitrogen and oxygen atoms in total. The molecule has 0 aliphatic heterocycles. The van der Waals surface area contributed by atoms with E-state index in [0.717, 1.165) is 6.42 Å². The van der Waals surface area contributed by atoms with E-state index in [0.29, 0.717) is 24.7 Å². The third-order valence-corrected chi connectivity index (χ3v) is 3.48. The van der Waals surface area contributed by atoms with Gasteiger partial charge in [0.2, 0.25) is 0 Å². The minimum absolute atomic E-state index is 0.261. The van der Waals surface area contributed by atoms with Gasteiger partial charge in [0.25, 0.3) is 5.91 Å². The highest BCUT2D eigenvalue weighted by Gasteiger charge is 2.24. The van der Waals surface area contributed by atoms with Crippen molar-refractivity contribution in [3.63, 3.8) is 0 Å². The predicted molar refractivity (Wildman–Crippen MR) is 92.2 cm³/mol. The van der Waals surface area contributed by atoms with Gasteiger partial charge in [-0.3, -0.25) is 9.59 Å². The number of carbonyl (C=O) groups is 2. The van der Waals surface area contributed by atoms with Crippen LogP contribution >= 0.6 is 11.6 Å². The van der Waals surface area contributed by atoms with Gasteiger partial charge >= 0.3 is 5.97 Å². The molecule has 134 valence electrons. The minimum Gasteiger partial charge on any atom is -0.490 e. The van der Waals surface area contributed by atoms with Gasteiger partial charge < -0.3 is 19.5 Å². The molecule has 1 rings (SSSR count). The number of benzene rings is 1. The van der Waals surface area contributed by atoms with E-state index in [-0.39, 0.29) is 23.2 Å². The lowest BCUT2D eigenvalue weighted by Gasteiger charge is -2.25. The Balaban J connectivity index is 3.22. The lowest BCUT2D eigenvalue weighted by Crippen LogP contribution is -2.40. The van der Waals surface area contributed by atoms with Crippen LogP contribution in [-0.4, -0.2) is 47.7 Å². The van der Waals surface area contributed by atoms with E-state index < -0.39 is 11.9 Å². The number of halogens is 1. The van der Waals surface area contributed by atoms with Crippen LogP contribution in [0.5, 0.6) is 11.5 Å². The maximum Gasteiger partial charge on any atom is 0.323 e. The van der Waals surface area contributed by atoms with Gasteiger partial charge in [0.15, 0.2) is 11.5 Å². The lowest BCUT2D eigenvalue weighted by atomic mass is 10.1. The molecule has 1 aromatic carbocycles. The van der Waals surface area contributed by atoms with Crippen LogP contribution in [0.4, 0.5) is 0 Å². The van der Waals surface area contributed by atoms with Crippen molar-refractivity contribution < 1.29 is 24.2 Å². The molecular formula is C17H24ClNO5. The molecule has 0 aromatic heterocycles. The summed E-state index contributed by atoms with van der Waals surface area (Å²) in [4.78, 5) is 24.9. The molecule has 0 unspecified atom stereocenters. The summed E-state index contributed by atoms with van der Waals surface area (Å²) in [6.07, 6.45) is 0.808. The quantitative estimate of drug-likeness (QED) is 0.732. The first kappa shape index (κ1) is 20.1. The molecule has 0 aliphatic carbocycles. The normalized spacial score (nSPS) is 10.6. The van der Waals surface area contributed by atoms with Crippen LogP contribution in [0.3, 0.4) is 0 Å². The van der Waals surface area contributed by atoms with E-state index in [2.05, 4.69) is 0 Å². The van der Waals surface area contributed by atoms with Crippen LogP contribution in [0.15, 0.2) is 12.1 Å². The molecular weight excluding hydrogens is 334 g/mol. The number of aliphatic carboxylic acids is 1. The molecule has 0 saturated carbocycles. The van der Waals surface area contributed by atoms with Crippen molar-refractivity contribution in [2.45, 2.75) is 40.2 Å². The topological polar surface area (TPSA) is 76.1 Å². The van der Waals surface area contributed by atoms with Gasteiger partial charge in [-0.05, 0) is 39.3 Å². The molecule has 0 bridgehead atoms. The van der Waals surface area contributed by atoms with E-state index in [9.17, 15) is 9.59 Å². The van der Waals surface area contributed by atoms with E-state index >= 15 is 0 Å². The van der Waals surface area contributed by atoms with Crippen molar-refractivity contribution in [3.05, 3.63) is 22.7 Å². The van der Waals surface area contributed by atoms with Gasteiger partial charge in [0, 0.05) is 11.6 Å². The highest BCUT2D eigenvalue weighted by molar-refractivity contribution is 6.32. The minimum atomic E-state index is -1.07. The molecule has 0 heterocycles. The van der Waals surface area contributed by atoms with Crippen LogP contribution in [0, 0.1) is 0 Å². The highest BCUT2D eigenvalue weighted by atomic mass is 35.5. The van der Waals surface area contributed by atoms with Gasteiger partial charge in [-0.25, -0.2) is 0 Å². The van der Waals surface area contributed by atoms with Crippen LogP contribution < -0.4 is 9.47 Å². The Morgan fingerprint density at radius 2 is 1.92 bits per heavy atom. The van der Waals surface area contributed by atoms with Crippen molar-refractivity contribution in [3.8, 4) is 11.5 Å². The summed E-state index contributed by atoms with van der Waals surface area (Å²) in [7, 11) is 0. The summed E-state index contributed by atoms with van der Waals surface area (Å²) in [5.74, 6) is -0.722. The Bertz CT molecular complexity index is 589. The zero-order valence-electron chi connectivity index (χ0n) is 14.5. The maximum absolute atomic E-state index is 12.7. The average Bonchev–Trinajstić information content (AvgIpc) is 2.50. The number of carboxylic acids is 1. The number of nitrogens with zero attached hydrogens (tertiary/aromatic N) is 1. The standard InChI is InChI=1S/C17H24ClNO5/c1-5-7-24-16-13(18)8-12(9-14(16)23-6-2)17(22)19(11(3)4)10-15(20)21/h8-9,11H,5-7,10H2,1-4H3,(H,20,21). The van der Waals surface area contributed by atoms with Crippen LogP contribution in [0.2, 0.25) is 5.02 Å². The van der Waals surface area contributed by atoms with E-state index in [1.54, 1.807) is 19.9 Å². The van der Waals surface area contributed by atoms with Crippen LogP contribution in [0.1, 0.15) is 44.5 Å². The number of carbonyl (C=O) groups excluding carboxylic acids is 1. The van der Waals surface area contributed by atoms with Crippen molar-refractivity contribution in [2.75, 3.05) is 19.8 Å². The van der Waals surface area contributed by atoms with Gasteiger partial charge in [-0.1, -0.05) is 18.5 Å². The summed E-state index contributed by atoms with van der Waals surface area (Å²) in [6, 6.07) is 2.76. The Kier molecular flexibility index (Phi) is 7.85. The predicted octanol–water partition coefficient (Wildman–Crippen LogP) is 3.46. The van der Waals surface area contributed by atoms with Crippen molar-refractivity contribution in [2.24, 2.45) is 0 Å². The molecule has 0 aliphatic rings. The Hall–Kier alpha value is -1.95. The second-order valence-electron chi connectivity index (χ2n) is 5.49. The lowest BCUT2D eigenvalue weighted by molar-refractivity contribution is -0.138. The zero-order chi connectivity index (χ0) is 18.3. The summed E-state index contributed by atoms with van der Waals surface area (Å²) in [5, 5.41) is 9.26. The number of rotatable bonds is 9. The fraction of sp³-hybridized carbons (Fsp3) is 0.529. The van der Waals surface area contributed by atoms with Crippen molar-refractivity contribution in [1.82, 2.24) is 4.90 Å². The fourth-order valence-corrected chi connectivity index (χ4v) is 2.36. The molecule has 0 fully saturated rings. The zero-order valence-corrected chi connectivity index (χ0v) is 15.2. The number of amides is 1. The Morgan fingerprint density at radius 1 is 1.25 bits per heavy atom. The number of ether oxygens (including phenoxy) is 2.